The topological polar surface area (TPSA) is 77.4 Å². The van der Waals surface area contributed by atoms with Crippen LogP contribution in [0.1, 0.15) is 27.8 Å². The van der Waals surface area contributed by atoms with E-state index in [-0.39, 0.29) is 11.5 Å². The van der Waals surface area contributed by atoms with Gasteiger partial charge in [0.2, 0.25) is 0 Å². The number of Topliss-reactive ketones (excluding diaryl/α,β-unsaturated/α-hetero) is 1. The van der Waals surface area contributed by atoms with Gasteiger partial charge in [0.1, 0.15) is 5.69 Å². The Kier molecular flexibility index (Phi) is 5.18. The summed E-state index contributed by atoms with van der Waals surface area (Å²) in [6.45, 7) is 0.951. The van der Waals surface area contributed by atoms with E-state index in [0.29, 0.717) is 16.3 Å². The molecule has 2 aromatic rings. The SMILES string of the molecule is CC(=O)c1cc(C(=O)OCC(=O)Nc2ccccc2Cl)n(C)c1. The summed E-state index contributed by atoms with van der Waals surface area (Å²) in [7, 11) is 1.62. The normalized spacial score (nSPS) is 10.2. The van der Waals surface area contributed by atoms with Crippen LogP contribution < -0.4 is 5.32 Å². The van der Waals surface area contributed by atoms with Gasteiger partial charge >= 0.3 is 5.97 Å². The molecule has 0 atom stereocenters. The van der Waals surface area contributed by atoms with E-state index >= 15 is 0 Å². The Labute approximate surface area is 138 Å². The van der Waals surface area contributed by atoms with Crippen LogP contribution in [0.2, 0.25) is 5.02 Å². The van der Waals surface area contributed by atoms with Crippen molar-refractivity contribution in [3.05, 3.63) is 52.8 Å². The Balaban J connectivity index is 1.95. The molecular weight excluding hydrogens is 320 g/mol. The molecule has 2 rings (SSSR count). The number of ether oxygens (including phenoxy) is 1. The van der Waals surface area contributed by atoms with Crippen molar-refractivity contribution in [2.75, 3.05) is 11.9 Å². The first-order valence-corrected chi connectivity index (χ1v) is 7.15. The molecule has 1 heterocycles. The van der Waals surface area contributed by atoms with Gasteiger partial charge in [0.05, 0.1) is 10.7 Å². The average molecular weight is 335 g/mol. The van der Waals surface area contributed by atoms with Crippen molar-refractivity contribution in [3.63, 3.8) is 0 Å². The summed E-state index contributed by atoms with van der Waals surface area (Å²) in [6.07, 6.45) is 1.53. The van der Waals surface area contributed by atoms with Crippen LogP contribution in [0.15, 0.2) is 36.5 Å². The molecule has 0 aliphatic rings. The Bertz CT molecular complexity index is 767. The van der Waals surface area contributed by atoms with E-state index in [1.165, 1.54) is 23.8 Å². The number of anilines is 1. The summed E-state index contributed by atoms with van der Waals surface area (Å²) in [5.74, 6) is -1.35. The zero-order valence-corrected chi connectivity index (χ0v) is 13.4. The predicted molar refractivity (Wildman–Crippen MR) is 85.8 cm³/mol. The fourth-order valence-electron chi connectivity index (χ4n) is 1.91. The van der Waals surface area contributed by atoms with Gasteiger partial charge in [0.15, 0.2) is 12.4 Å². The van der Waals surface area contributed by atoms with Crippen LogP contribution in [-0.2, 0) is 16.6 Å². The van der Waals surface area contributed by atoms with E-state index in [0.717, 1.165) is 0 Å². The summed E-state index contributed by atoms with van der Waals surface area (Å²) in [4.78, 5) is 35.0. The fourth-order valence-corrected chi connectivity index (χ4v) is 2.10. The molecule has 0 saturated carbocycles. The van der Waals surface area contributed by atoms with Gasteiger partial charge in [0.25, 0.3) is 5.91 Å². The van der Waals surface area contributed by atoms with E-state index in [9.17, 15) is 14.4 Å². The maximum absolute atomic E-state index is 12.0. The molecule has 0 fully saturated rings. The first-order valence-electron chi connectivity index (χ1n) is 6.77. The van der Waals surface area contributed by atoms with Crippen molar-refractivity contribution in [1.29, 1.82) is 0 Å². The Hall–Kier alpha value is -2.60. The molecule has 0 aliphatic heterocycles. The number of rotatable bonds is 5. The van der Waals surface area contributed by atoms with Crippen molar-refractivity contribution >= 4 is 34.9 Å². The fraction of sp³-hybridized carbons (Fsp3) is 0.188. The number of ketones is 1. The molecule has 1 amide bonds. The standard InChI is InChI=1S/C16H15ClN2O4/c1-10(20)11-7-14(19(2)8-11)16(22)23-9-15(21)18-13-6-4-3-5-12(13)17/h3-8H,9H2,1-2H3,(H,18,21). The van der Waals surface area contributed by atoms with Crippen LogP contribution in [-0.4, -0.2) is 28.8 Å². The summed E-state index contributed by atoms with van der Waals surface area (Å²) in [5.41, 5.74) is 1.04. The Morgan fingerprint density at radius 1 is 1.26 bits per heavy atom. The minimum absolute atomic E-state index is 0.156. The average Bonchev–Trinajstić information content (AvgIpc) is 2.89. The van der Waals surface area contributed by atoms with Gasteiger partial charge in [-0.15, -0.1) is 0 Å². The van der Waals surface area contributed by atoms with E-state index in [4.69, 9.17) is 16.3 Å². The number of aromatic nitrogens is 1. The number of benzene rings is 1. The highest BCUT2D eigenvalue weighted by Gasteiger charge is 2.16. The third-order valence-corrected chi connectivity index (χ3v) is 3.43. The second kappa shape index (κ2) is 7.11. The maximum Gasteiger partial charge on any atom is 0.355 e. The molecule has 0 radical (unpaired) electrons. The molecule has 120 valence electrons. The number of nitrogens with zero attached hydrogens (tertiary/aromatic N) is 1. The van der Waals surface area contributed by atoms with Gasteiger partial charge in [-0.3, -0.25) is 9.59 Å². The van der Waals surface area contributed by atoms with Crippen molar-refractivity contribution in [2.24, 2.45) is 7.05 Å². The van der Waals surface area contributed by atoms with Gasteiger partial charge in [-0.05, 0) is 25.1 Å². The second-order valence-electron chi connectivity index (χ2n) is 4.89. The molecule has 0 spiro atoms. The smallest absolute Gasteiger partial charge is 0.355 e. The minimum Gasteiger partial charge on any atom is -0.451 e. The summed E-state index contributed by atoms with van der Waals surface area (Å²) >= 11 is 5.92. The van der Waals surface area contributed by atoms with Gasteiger partial charge in [-0.25, -0.2) is 4.79 Å². The van der Waals surface area contributed by atoms with Crippen molar-refractivity contribution in [1.82, 2.24) is 4.57 Å². The monoisotopic (exact) mass is 334 g/mol. The number of para-hydroxylation sites is 1. The highest BCUT2D eigenvalue weighted by Crippen LogP contribution is 2.20. The first kappa shape index (κ1) is 16.8. The molecule has 1 N–H and O–H groups in total. The number of halogens is 1. The molecule has 1 aromatic carbocycles. The van der Waals surface area contributed by atoms with E-state index in [1.54, 1.807) is 31.3 Å². The third-order valence-electron chi connectivity index (χ3n) is 3.10. The number of carbonyl (C=O) groups is 3. The van der Waals surface area contributed by atoms with E-state index in [1.807, 2.05) is 0 Å². The first-order chi connectivity index (χ1) is 10.9. The lowest BCUT2D eigenvalue weighted by Gasteiger charge is -2.08. The number of nitrogens with one attached hydrogen (secondary N) is 1. The molecule has 7 heteroatoms. The highest BCUT2D eigenvalue weighted by atomic mass is 35.5. The molecule has 0 bridgehead atoms. The number of carbonyl (C=O) groups excluding carboxylic acids is 3. The summed E-state index contributed by atoms with van der Waals surface area (Å²) in [6, 6.07) is 8.16. The van der Waals surface area contributed by atoms with Crippen LogP contribution in [0, 0.1) is 0 Å². The van der Waals surface area contributed by atoms with E-state index < -0.39 is 18.5 Å². The van der Waals surface area contributed by atoms with Crippen LogP contribution in [0.25, 0.3) is 0 Å². The van der Waals surface area contributed by atoms with Gasteiger partial charge in [-0.1, -0.05) is 23.7 Å². The predicted octanol–water partition coefficient (Wildman–Crippen LogP) is 2.68. The molecule has 0 aliphatic carbocycles. The van der Waals surface area contributed by atoms with E-state index in [2.05, 4.69) is 5.32 Å². The third kappa shape index (κ3) is 4.20. The minimum atomic E-state index is -0.686. The number of hydrogen-bond acceptors (Lipinski definition) is 4. The maximum atomic E-state index is 12.0. The van der Waals surface area contributed by atoms with Gasteiger partial charge in [0, 0.05) is 18.8 Å². The van der Waals surface area contributed by atoms with Crippen molar-refractivity contribution in [3.8, 4) is 0 Å². The number of esters is 1. The van der Waals surface area contributed by atoms with Crippen molar-refractivity contribution < 1.29 is 19.1 Å². The molecule has 0 saturated heterocycles. The van der Waals surface area contributed by atoms with Crippen LogP contribution in [0.5, 0.6) is 0 Å². The van der Waals surface area contributed by atoms with Crippen LogP contribution >= 0.6 is 11.6 Å². The van der Waals surface area contributed by atoms with Gasteiger partial charge in [-0.2, -0.15) is 0 Å². The second-order valence-corrected chi connectivity index (χ2v) is 5.29. The summed E-state index contributed by atoms with van der Waals surface area (Å²) < 4.78 is 6.43. The molecule has 6 nitrogen and oxygen atoms in total. The molecule has 23 heavy (non-hydrogen) atoms. The van der Waals surface area contributed by atoms with Crippen LogP contribution in [0.3, 0.4) is 0 Å². The lowest BCUT2D eigenvalue weighted by atomic mass is 10.2. The zero-order valence-electron chi connectivity index (χ0n) is 12.6. The Morgan fingerprint density at radius 3 is 2.57 bits per heavy atom. The van der Waals surface area contributed by atoms with Crippen molar-refractivity contribution in [2.45, 2.75) is 6.92 Å². The zero-order chi connectivity index (χ0) is 17.0. The lowest BCUT2D eigenvalue weighted by molar-refractivity contribution is -0.119. The largest absolute Gasteiger partial charge is 0.451 e. The van der Waals surface area contributed by atoms with Gasteiger partial charge < -0.3 is 14.6 Å². The molecule has 0 unspecified atom stereocenters. The quantitative estimate of drug-likeness (QED) is 0.673. The summed E-state index contributed by atoms with van der Waals surface area (Å²) in [5, 5.41) is 2.94. The number of amides is 1. The molecule has 1 aromatic heterocycles. The Morgan fingerprint density at radius 2 is 1.96 bits per heavy atom. The number of aryl methyl sites for hydroxylation is 1. The lowest BCUT2D eigenvalue weighted by Crippen LogP contribution is -2.21. The highest BCUT2D eigenvalue weighted by molar-refractivity contribution is 6.33. The molecular formula is C16H15ClN2O4. The number of hydrogen-bond donors (Lipinski definition) is 1. The van der Waals surface area contributed by atoms with Crippen LogP contribution in [0.4, 0.5) is 5.69 Å².